The highest BCUT2D eigenvalue weighted by molar-refractivity contribution is 5.75. The van der Waals surface area contributed by atoms with Gasteiger partial charge < -0.3 is 15.5 Å². The number of phenolic OH excluding ortho intramolecular Hbond substituents is 1. The van der Waals surface area contributed by atoms with Crippen LogP contribution in [0.2, 0.25) is 0 Å². The fourth-order valence-corrected chi connectivity index (χ4v) is 1.44. The quantitative estimate of drug-likeness (QED) is 0.696. The number of nitrogens with one attached hydrogen (secondary N) is 1. The molecule has 0 aromatic heterocycles. The third-order valence-corrected chi connectivity index (χ3v) is 2.46. The van der Waals surface area contributed by atoms with Gasteiger partial charge in [-0.3, -0.25) is 4.79 Å². The molecule has 0 radical (unpaired) electrons. The number of benzene rings is 1. The maximum absolute atomic E-state index is 11.3. The first-order valence-corrected chi connectivity index (χ1v) is 5.80. The van der Waals surface area contributed by atoms with Crippen LogP contribution >= 0.6 is 0 Å². The Morgan fingerprint density at radius 3 is 2.59 bits per heavy atom. The lowest BCUT2D eigenvalue weighted by atomic mass is 10.1. The number of aliphatic hydroxyl groups is 1. The van der Waals surface area contributed by atoms with Crippen molar-refractivity contribution in [3.05, 3.63) is 29.8 Å². The summed E-state index contributed by atoms with van der Waals surface area (Å²) >= 11 is 0. The highest BCUT2D eigenvalue weighted by Crippen LogP contribution is 2.09. The maximum Gasteiger partial charge on any atom is 0.220 e. The minimum Gasteiger partial charge on any atom is -0.508 e. The van der Waals surface area contributed by atoms with Gasteiger partial charge in [0.1, 0.15) is 5.75 Å². The van der Waals surface area contributed by atoms with E-state index in [1.807, 2.05) is 12.1 Å². The van der Waals surface area contributed by atoms with E-state index in [-0.39, 0.29) is 11.7 Å². The number of carbonyl (C=O) groups is 1. The molecule has 0 spiro atoms. The molecule has 0 heterocycles. The summed E-state index contributed by atoms with van der Waals surface area (Å²) in [5.74, 6) is 0.208. The molecule has 0 fully saturated rings. The van der Waals surface area contributed by atoms with E-state index in [1.165, 1.54) is 0 Å². The third-order valence-electron chi connectivity index (χ3n) is 2.46. The zero-order valence-electron chi connectivity index (χ0n) is 10.0. The Labute approximate surface area is 101 Å². The van der Waals surface area contributed by atoms with Crippen molar-refractivity contribution in [3.63, 3.8) is 0 Å². The van der Waals surface area contributed by atoms with Crippen LogP contribution in [0.5, 0.6) is 5.75 Å². The number of aromatic hydroxyl groups is 1. The normalized spacial score (nSPS) is 12.1. The second-order valence-electron chi connectivity index (χ2n) is 4.15. The van der Waals surface area contributed by atoms with Crippen molar-refractivity contribution in [2.75, 3.05) is 6.54 Å². The highest BCUT2D eigenvalue weighted by Gasteiger charge is 2.03. The molecule has 4 nitrogen and oxygen atoms in total. The molecule has 4 heteroatoms. The fraction of sp³-hybridized carbons (Fsp3) is 0.462. The summed E-state index contributed by atoms with van der Waals surface area (Å²) in [6.07, 6.45) is 1.15. The van der Waals surface area contributed by atoms with Crippen LogP contribution in [0.1, 0.15) is 25.3 Å². The third kappa shape index (κ3) is 5.92. The van der Waals surface area contributed by atoms with Gasteiger partial charge in [-0.15, -0.1) is 0 Å². The zero-order valence-corrected chi connectivity index (χ0v) is 10.0. The molecule has 1 rings (SSSR count). The predicted octanol–water partition coefficient (Wildman–Crippen LogP) is 1.21. The lowest BCUT2D eigenvalue weighted by Crippen LogP contribution is -2.26. The summed E-state index contributed by atoms with van der Waals surface area (Å²) in [4.78, 5) is 11.3. The molecule has 0 aliphatic carbocycles. The van der Waals surface area contributed by atoms with Crippen LogP contribution in [-0.2, 0) is 11.2 Å². The number of carbonyl (C=O) groups excluding carboxylic acids is 1. The van der Waals surface area contributed by atoms with E-state index >= 15 is 0 Å². The van der Waals surface area contributed by atoms with Gasteiger partial charge in [-0.1, -0.05) is 12.1 Å². The average molecular weight is 237 g/mol. The van der Waals surface area contributed by atoms with Crippen LogP contribution in [0.4, 0.5) is 0 Å². The largest absolute Gasteiger partial charge is 0.508 e. The van der Waals surface area contributed by atoms with Gasteiger partial charge in [0.15, 0.2) is 0 Å². The van der Waals surface area contributed by atoms with Gasteiger partial charge in [-0.2, -0.15) is 0 Å². The molecule has 0 bridgehead atoms. The highest BCUT2D eigenvalue weighted by atomic mass is 16.3. The Morgan fingerprint density at radius 1 is 1.35 bits per heavy atom. The molecular formula is C13H19NO3. The monoisotopic (exact) mass is 237 g/mol. The van der Waals surface area contributed by atoms with Crippen LogP contribution in [0.3, 0.4) is 0 Å². The summed E-state index contributed by atoms with van der Waals surface area (Å²) in [5.41, 5.74) is 1.07. The molecule has 94 valence electrons. The minimum atomic E-state index is -0.433. The van der Waals surface area contributed by atoms with Crippen molar-refractivity contribution >= 4 is 5.91 Å². The smallest absolute Gasteiger partial charge is 0.220 e. The van der Waals surface area contributed by atoms with Gasteiger partial charge in [0.05, 0.1) is 6.10 Å². The topological polar surface area (TPSA) is 69.6 Å². The molecule has 3 N–H and O–H groups in total. The van der Waals surface area contributed by atoms with E-state index in [0.29, 0.717) is 19.4 Å². The van der Waals surface area contributed by atoms with Crippen LogP contribution in [0.25, 0.3) is 0 Å². The summed E-state index contributed by atoms with van der Waals surface area (Å²) in [7, 11) is 0. The number of amides is 1. The molecule has 0 saturated heterocycles. The van der Waals surface area contributed by atoms with Gasteiger partial charge in [0.25, 0.3) is 0 Å². The molecule has 1 amide bonds. The van der Waals surface area contributed by atoms with E-state index in [1.54, 1.807) is 19.1 Å². The van der Waals surface area contributed by atoms with Gasteiger partial charge in [-0.25, -0.2) is 0 Å². The summed E-state index contributed by atoms with van der Waals surface area (Å²) in [5, 5.41) is 20.9. The van der Waals surface area contributed by atoms with E-state index in [4.69, 9.17) is 10.2 Å². The van der Waals surface area contributed by atoms with E-state index in [0.717, 1.165) is 12.0 Å². The van der Waals surface area contributed by atoms with E-state index in [9.17, 15) is 4.79 Å². The molecule has 17 heavy (non-hydrogen) atoms. The van der Waals surface area contributed by atoms with Crippen molar-refractivity contribution in [3.8, 4) is 5.75 Å². The second-order valence-corrected chi connectivity index (χ2v) is 4.15. The number of aliphatic hydroxyl groups excluding tert-OH is 1. The lowest BCUT2D eigenvalue weighted by molar-refractivity contribution is -0.121. The molecule has 0 aliphatic rings. The minimum absolute atomic E-state index is 0.0373. The molecule has 1 aromatic rings. The van der Waals surface area contributed by atoms with Gasteiger partial charge in [0.2, 0.25) is 5.91 Å². The number of hydrogen-bond acceptors (Lipinski definition) is 3. The van der Waals surface area contributed by atoms with Crippen molar-refractivity contribution in [2.24, 2.45) is 0 Å². The number of hydrogen-bond donors (Lipinski definition) is 3. The Balaban J connectivity index is 2.19. The van der Waals surface area contributed by atoms with Gasteiger partial charge >= 0.3 is 0 Å². The predicted molar refractivity (Wildman–Crippen MR) is 65.7 cm³/mol. The van der Waals surface area contributed by atoms with Crippen LogP contribution in [0.15, 0.2) is 24.3 Å². The molecule has 0 aliphatic heterocycles. The SMILES string of the molecule is CC(O)CCC(=O)NCCc1ccc(O)cc1. The first-order valence-electron chi connectivity index (χ1n) is 5.80. The zero-order chi connectivity index (χ0) is 12.7. The summed E-state index contributed by atoms with van der Waals surface area (Å²) < 4.78 is 0. The van der Waals surface area contributed by atoms with Crippen molar-refractivity contribution in [1.29, 1.82) is 0 Å². The fourth-order valence-electron chi connectivity index (χ4n) is 1.44. The van der Waals surface area contributed by atoms with Crippen LogP contribution in [-0.4, -0.2) is 28.8 Å². The van der Waals surface area contributed by atoms with Gasteiger partial charge in [0, 0.05) is 13.0 Å². The average Bonchev–Trinajstić information content (AvgIpc) is 2.29. The standard InChI is InChI=1S/C13H19NO3/c1-10(15)2-7-13(17)14-9-8-11-3-5-12(16)6-4-11/h3-6,10,15-16H,2,7-9H2,1H3,(H,14,17). The van der Waals surface area contributed by atoms with Crippen molar-refractivity contribution in [1.82, 2.24) is 5.32 Å². The lowest BCUT2D eigenvalue weighted by Gasteiger charge is -2.06. The first kappa shape index (κ1) is 13.5. The molecule has 1 unspecified atom stereocenters. The van der Waals surface area contributed by atoms with Crippen molar-refractivity contribution in [2.45, 2.75) is 32.3 Å². The molecule has 0 saturated carbocycles. The summed E-state index contributed by atoms with van der Waals surface area (Å²) in [6.45, 7) is 2.24. The second kappa shape index (κ2) is 6.91. The molecular weight excluding hydrogens is 218 g/mol. The van der Waals surface area contributed by atoms with Crippen molar-refractivity contribution < 1.29 is 15.0 Å². The van der Waals surface area contributed by atoms with Crippen LogP contribution < -0.4 is 5.32 Å². The maximum atomic E-state index is 11.3. The Morgan fingerprint density at radius 2 is 2.00 bits per heavy atom. The number of rotatable bonds is 6. The Hall–Kier alpha value is -1.55. The van der Waals surface area contributed by atoms with Crippen LogP contribution in [0, 0.1) is 0 Å². The van der Waals surface area contributed by atoms with E-state index < -0.39 is 6.10 Å². The van der Waals surface area contributed by atoms with Gasteiger partial charge in [-0.05, 0) is 37.5 Å². The molecule has 1 aromatic carbocycles. The Bertz CT molecular complexity index is 346. The summed E-state index contributed by atoms with van der Waals surface area (Å²) in [6, 6.07) is 6.92. The number of phenols is 1. The first-order chi connectivity index (χ1) is 8.08. The van der Waals surface area contributed by atoms with E-state index in [2.05, 4.69) is 5.32 Å². The molecule has 1 atom stereocenters. The Kier molecular flexibility index (Phi) is 5.49.